The van der Waals surface area contributed by atoms with Crippen molar-refractivity contribution in [3.63, 3.8) is 0 Å². The lowest BCUT2D eigenvalue weighted by molar-refractivity contribution is 0.0664. The van der Waals surface area contributed by atoms with Crippen LogP contribution in [-0.4, -0.2) is 15.9 Å². The van der Waals surface area contributed by atoms with Crippen molar-refractivity contribution in [1.29, 1.82) is 0 Å². The fourth-order valence-corrected chi connectivity index (χ4v) is 7.56. The normalized spacial score (nSPS) is 36.5. The number of rotatable bonds is 3. The first-order chi connectivity index (χ1) is 14.7. The molecule has 0 amide bonds. The summed E-state index contributed by atoms with van der Waals surface area (Å²) in [5.74, 6) is 4.18. The number of hydrogen-bond acceptors (Lipinski definition) is 3. The van der Waals surface area contributed by atoms with Crippen molar-refractivity contribution in [2.24, 2.45) is 17.3 Å². The van der Waals surface area contributed by atoms with E-state index in [-0.39, 0.29) is 5.41 Å². The zero-order valence-electron chi connectivity index (χ0n) is 18.3. The Labute approximate surface area is 179 Å². The van der Waals surface area contributed by atoms with E-state index in [2.05, 4.69) is 43.1 Å². The highest BCUT2D eigenvalue weighted by Crippen LogP contribution is 2.64. The SMILES string of the molecule is CC[C@@]12C=C(c3nc(C)c(C4CC4)o3)N3C4=C(CCC(CCC1)C42)C1=CC=CCC13. The molecule has 7 rings (SSSR count). The number of hydrogen-bond donors (Lipinski definition) is 0. The largest absolute Gasteiger partial charge is 0.439 e. The summed E-state index contributed by atoms with van der Waals surface area (Å²) in [5, 5.41) is 0. The van der Waals surface area contributed by atoms with Crippen LogP contribution in [-0.2, 0) is 0 Å². The molecule has 0 bridgehead atoms. The molecule has 2 aliphatic heterocycles. The van der Waals surface area contributed by atoms with Crippen molar-refractivity contribution in [2.45, 2.75) is 83.6 Å². The summed E-state index contributed by atoms with van der Waals surface area (Å²) >= 11 is 0. The minimum atomic E-state index is 0.277. The molecule has 6 aliphatic rings. The van der Waals surface area contributed by atoms with Gasteiger partial charge in [0.05, 0.1) is 11.7 Å². The van der Waals surface area contributed by atoms with Gasteiger partial charge in [-0.25, -0.2) is 4.98 Å². The van der Waals surface area contributed by atoms with Gasteiger partial charge in [-0.15, -0.1) is 0 Å². The second-order valence-corrected chi connectivity index (χ2v) is 10.6. The maximum absolute atomic E-state index is 6.53. The third-order valence-electron chi connectivity index (χ3n) is 9.07. The minimum Gasteiger partial charge on any atom is -0.439 e. The summed E-state index contributed by atoms with van der Waals surface area (Å²) in [5.41, 5.74) is 7.58. The van der Waals surface area contributed by atoms with Gasteiger partial charge >= 0.3 is 0 Å². The molecule has 4 atom stereocenters. The van der Waals surface area contributed by atoms with Crippen LogP contribution in [0.5, 0.6) is 0 Å². The van der Waals surface area contributed by atoms with Gasteiger partial charge in [-0.3, -0.25) is 0 Å². The Kier molecular flexibility index (Phi) is 3.54. The van der Waals surface area contributed by atoms with Crippen LogP contribution in [0.25, 0.3) is 5.70 Å². The molecule has 3 heterocycles. The summed E-state index contributed by atoms with van der Waals surface area (Å²) in [4.78, 5) is 7.72. The Balaban J connectivity index is 1.46. The molecular weight excluding hydrogens is 368 g/mol. The Morgan fingerprint density at radius 3 is 2.97 bits per heavy atom. The molecule has 0 radical (unpaired) electrons. The zero-order chi connectivity index (χ0) is 20.0. The van der Waals surface area contributed by atoms with Crippen LogP contribution in [0.4, 0.5) is 0 Å². The molecule has 30 heavy (non-hydrogen) atoms. The Morgan fingerprint density at radius 1 is 1.23 bits per heavy atom. The fraction of sp³-hybridized carbons (Fsp3) is 0.593. The van der Waals surface area contributed by atoms with Crippen LogP contribution < -0.4 is 0 Å². The summed E-state index contributed by atoms with van der Waals surface area (Å²) in [7, 11) is 0. The van der Waals surface area contributed by atoms with E-state index < -0.39 is 0 Å². The Hall–Kier alpha value is -2.03. The quantitative estimate of drug-likeness (QED) is 0.569. The lowest BCUT2D eigenvalue weighted by Crippen LogP contribution is -2.48. The minimum absolute atomic E-state index is 0.277. The first-order valence-electron chi connectivity index (χ1n) is 12.3. The number of aromatic nitrogens is 1. The Bertz CT molecular complexity index is 1050. The van der Waals surface area contributed by atoms with E-state index in [0.717, 1.165) is 29.7 Å². The number of allylic oxidation sites excluding steroid dienone is 4. The second-order valence-electron chi connectivity index (χ2n) is 10.6. The molecule has 0 aromatic carbocycles. The number of nitrogens with zero attached hydrogens (tertiary/aromatic N) is 2. The van der Waals surface area contributed by atoms with Gasteiger partial charge in [0, 0.05) is 17.5 Å². The third kappa shape index (κ3) is 2.19. The highest BCUT2D eigenvalue weighted by molar-refractivity contribution is 5.70. The predicted octanol–water partition coefficient (Wildman–Crippen LogP) is 6.65. The van der Waals surface area contributed by atoms with E-state index in [0.29, 0.717) is 17.9 Å². The van der Waals surface area contributed by atoms with E-state index in [9.17, 15) is 0 Å². The van der Waals surface area contributed by atoms with Crippen molar-refractivity contribution in [1.82, 2.24) is 9.88 Å². The first kappa shape index (κ1) is 17.6. The smallest absolute Gasteiger partial charge is 0.243 e. The van der Waals surface area contributed by atoms with Gasteiger partial charge in [-0.2, -0.15) is 0 Å². The van der Waals surface area contributed by atoms with Crippen molar-refractivity contribution >= 4 is 5.70 Å². The standard InChI is InChI=1S/C27H32N2O/c1-3-27-14-6-7-17-12-13-20-19-8-4-5-9-21(19)29(24(20)23(17)27)22(15-27)26-28-16(2)25(30-26)18-10-11-18/h4-5,8,15,17-18,21,23H,3,6-7,9-14H2,1-2H3/t17?,21?,23?,27-/m0/s1. The fourth-order valence-electron chi connectivity index (χ4n) is 7.56. The molecule has 156 valence electrons. The van der Waals surface area contributed by atoms with Crippen LogP contribution in [0, 0.1) is 24.2 Å². The molecule has 2 fully saturated rings. The van der Waals surface area contributed by atoms with Crippen molar-refractivity contribution in [3.05, 3.63) is 58.5 Å². The van der Waals surface area contributed by atoms with Crippen molar-refractivity contribution in [2.75, 3.05) is 0 Å². The first-order valence-corrected chi connectivity index (χ1v) is 12.3. The summed E-state index contributed by atoms with van der Waals surface area (Å²) in [6.07, 6.45) is 21.2. The molecule has 0 N–H and O–H groups in total. The number of aryl methyl sites for hydroxylation is 1. The maximum atomic E-state index is 6.53. The van der Waals surface area contributed by atoms with E-state index in [1.165, 1.54) is 57.1 Å². The van der Waals surface area contributed by atoms with Crippen LogP contribution in [0.1, 0.15) is 88.0 Å². The number of oxazole rings is 1. The van der Waals surface area contributed by atoms with Crippen molar-refractivity contribution < 1.29 is 4.42 Å². The lowest BCUT2D eigenvalue weighted by Gasteiger charge is -2.54. The van der Waals surface area contributed by atoms with E-state index in [1.807, 2.05) is 0 Å². The van der Waals surface area contributed by atoms with Gasteiger partial charge in [0.1, 0.15) is 11.5 Å². The average Bonchev–Trinajstić information content (AvgIpc) is 3.46. The number of fused-ring (bicyclic) bond motifs is 3. The van der Waals surface area contributed by atoms with Gasteiger partial charge in [0.2, 0.25) is 5.89 Å². The molecule has 1 aromatic heterocycles. The topological polar surface area (TPSA) is 29.3 Å². The van der Waals surface area contributed by atoms with Gasteiger partial charge in [0.25, 0.3) is 0 Å². The lowest BCUT2D eigenvalue weighted by atomic mass is 9.54. The van der Waals surface area contributed by atoms with Gasteiger partial charge in [-0.1, -0.05) is 31.6 Å². The van der Waals surface area contributed by atoms with Gasteiger partial charge < -0.3 is 9.32 Å². The van der Waals surface area contributed by atoms with Gasteiger partial charge in [-0.05, 0) is 86.8 Å². The molecule has 0 saturated heterocycles. The maximum Gasteiger partial charge on any atom is 0.243 e. The highest BCUT2D eigenvalue weighted by atomic mass is 16.4. The van der Waals surface area contributed by atoms with E-state index >= 15 is 0 Å². The molecule has 4 aliphatic carbocycles. The monoisotopic (exact) mass is 400 g/mol. The predicted molar refractivity (Wildman–Crippen MR) is 118 cm³/mol. The van der Waals surface area contributed by atoms with E-state index in [4.69, 9.17) is 9.40 Å². The summed E-state index contributed by atoms with van der Waals surface area (Å²) < 4.78 is 6.53. The van der Waals surface area contributed by atoms with Crippen molar-refractivity contribution in [3.8, 4) is 0 Å². The van der Waals surface area contributed by atoms with Gasteiger partial charge in [0.15, 0.2) is 0 Å². The summed E-state index contributed by atoms with van der Waals surface area (Å²) in [6, 6.07) is 0.443. The molecule has 1 aromatic rings. The third-order valence-corrected chi connectivity index (χ3v) is 9.07. The molecule has 2 saturated carbocycles. The molecule has 3 heteroatoms. The van der Waals surface area contributed by atoms with E-state index in [1.54, 1.807) is 16.8 Å². The molecule has 3 unspecified atom stereocenters. The highest BCUT2D eigenvalue weighted by Gasteiger charge is 2.56. The Morgan fingerprint density at radius 2 is 2.13 bits per heavy atom. The average molecular weight is 401 g/mol. The molecule has 0 spiro atoms. The van der Waals surface area contributed by atoms with Crippen LogP contribution in [0.2, 0.25) is 0 Å². The molecule has 3 nitrogen and oxygen atoms in total. The van der Waals surface area contributed by atoms with Crippen LogP contribution in [0.3, 0.4) is 0 Å². The summed E-state index contributed by atoms with van der Waals surface area (Å²) in [6.45, 7) is 4.56. The van der Waals surface area contributed by atoms with Crippen LogP contribution in [0.15, 0.2) is 45.6 Å². The molecular formula is C27H32N2O. The van der Waals surface area contributed by atoms with Crippen LogP contribution >= 0.6 is 0 Å². The second kappa shape index (κ2) is 6.02. The zero-order valence-corrected chi connectivity index (χ0v) is 18.3.